The molecule has 0 bridgehead atoms. The molecule has 2 aromatic rings. The standard InChI is InChI=1S/C15H14O3/c1-17-11-7-5-10(6-8-11)15-9-12-13(16)3-2-4-14(12)18-15/h5-9H,2-4H2,1H3. The lowest BCUT2D eigenvalue weighted by Crippen LogP contribution is -2.07. The normalized spacial score (nSPS) is 14.4. The van der Waals surface area contributed by atoms with Crippen molar-refractivity contribution in [1.29, 1.82) is 0 Å². The van der Waals surface area contributed by atoms with Gasteiger partial charge in [0.1, 0.15) is 17.3 Å². The van der Waals surface area contributed by atoms with Crippen molar-refractivity contribution in [3.05, 3.63) is 41.7 Å². The summed E-state index contributed by atoms with van der Waals surface area (Å²) in [6.07, 6.45) is 2.38. The average Bonchev–Trinajstić information content (AvgIpc) is 2.84. The zero-order chi connectivity index (χ0) is 12.5. The molecule has 0 unspecified atom stereocenters. The largest absolute Gasteiger partial charge is 0.497 e. The van der Waals surface area contributed by atoms with Crippen LogP contribution in [0.3, 0.4) is 0 Å². The number of fused-ring (bicyclic) bond motifs is 1. The van der Waals surface area contributed by atoms with Crippen LogP contribution in [0.2, 0.25) is 0 Å². The zero-order valence-corrected chi connectivity index (χ0v) is 10.2. The predicted molar refractivity (Wildman–Crippen MR) is 68.0 cm³/mol. The van der Waals surface area contributed by atoms with Gasteiger partial charge < -0.3 is 9.15 Å². The molecular formula is C15H14O3. The van der Waals surface area contributed by atoms with Gasteiger partial charge in [-0.05, 0) is 36.8 Å². The van der Waals surface area contributed by atoms with E-state index in [-0.39, 0.29) is 5.78 Å². The number of carbonyl (C=O) groups excluding carboxylic acids is 1. The highest BCUT2D eigenvalue weighted by atomic mass is 16.5. The molecule has 0 aliphatic heterocycles. The second-order valence-corrected chi connectivity index (χ2v) is 4.45. The number of ether oxygens (including phenoxy) is 1. The summed E-state index contributed by atoms with van der Waals surface area (Å²) in [7, 11) is 1.64. The lowest BCUT2D eigenvalue weighted by atomic mass is 9.97. The molecule has 1 aromatic heterocycles. The van der Waals surface area contributed by atoms with Gasteiger partial charge in [0.25, 0.3) is 0 Å². The van der Waals surface area contributed by atoms with E-state index in [1.807, 2.05) is 30.3 Å². The molecule has 3 heteroatoms. The molecule has 1 aliphatic carbocycles. The third-order valence-electron chi connectivity index (χ3n) is 3.29. The van der Waals surface area contributed by atoms with E-state index >= 15 is 0 Å². The average molecular weight is 242 g/mol. The van der Waals surface area contributed by atoms with E-state index in [0.717, 1.165) is 41.2 Å². The summed E-state index contributed by atoms with van der Waals surface area (Å²) in [5.41, 5.74) is 1.73. The summed E-state index contributed by atoms with van der Waals surface area (Å²) in [5.74, 6) is 2.60. The highest BCUT2D eigenvalue weighted by Crippen LogP contribution is 2.31. The third kappa shape index (κ3) is 1.82. The van der Waals surface area contributed by atoms with E-state index in [4.69, 9.17) is 9.15 Å². The van der Waals surface area contributed by atoms with Crippen LogP contribution in [0, 0.1) is 0 Å². The molecule has 0 atom stereocenters. The molecule has 0 radical (unpaired) electrons. The molecule has 3 nitrogen and oxygen atoms in total. The second-order valence-electron chi connectivity index (χ2n) is 4.45. The molecule has 0 saturated carbocycles. The smallest absolute Gasteiger partial charge is 0.166 e. The molecule has 1 heterocycles. The Bertz CT molecular complexity index is 578. The fourth-order valence-corrected chi connectivity index (χ4v) is 2.29. The summed E-state index contributed by atoms with van der Waals surface area (Å²) in [5, 5.41) is 0. The first-order valence-corrected chi connectivity index (χ1v) is 6.08. The molecule has 3 rings (SSSR count). The molecule has 0 spiro atoms. The van der Waals surface area contributed by atoms with E-state index < -0.39 is 0 Å². The number of benzene rings is 1. The fourth-order valence-electron chi connectivity index (χ4n) is 2.29. The van der Waals surface area contributed by atoms with Gasteiger partial charge in [-0.1, -0.05) is 0 Å². The fraction of sp³-hybridized carbons (Fsp3) is 0.267. The Kier molecular flexibility index (Phi) is 2.67. The molecule has 18 heavy (non-hydrogen) atoms. The van der Waals surface area contributed by atoms with E-state index in [9.17, 15) is 4.79 Å². The van der Waals surface area contributed by atoms with Crippen LogP contribution < -0.4 is 4.74 Å². The first kappa shape index (κ1) is 11.1. The number of methoxy groups -OCH3 is 1. The third-order valence-corrected chi connectivity index (χ3v) is 3.29. The Labute approximate surface area is 105 Å². The molecule has 1 aromatic carbocycles. The van der Waals surface area contributed by atoms with E-state index in [1.54, 1.807) is 7.11 Å². The Morgan fingerprint density at radius 3 is 2.61 bits per heavy atom. The zero-order valence-electron chi connectivity index (χ0n) is 10.2. The quantitative estimate of drug-likeness (QED) is 0.809. The van der Waals surface area contributed by atoms with E-state index in [2.05, 4.69) is 0 Å². The molecule has 0 N–H and O–H groups in total. The lowest BCUT2D eigenvalue weighted by molar-refractivity contribution is 0.0969. The van der Waals surface area contributed by atoms with Crippen LogP contribution in [0.1, 0.15) is 29.0 Å². The van der Waals surface area contributed by atoms with Crippen molar-refractivity contribution >= 4 is 5.78 Å². The molecule has 0 fully saturated rings. The minimum atomic E-state index is 0.194. The monoisotopic (exact) mass is 242 g/mol. The topological polar surface area (TPSA) is 39.4 Å². The number of rotatable bonds is 2. The number of ketones is 1. The maximum absolute atomic E-state index is 11.8. The van der Waals surface area contributed by atoms with Gasteiger partial charge in [-0.25, -0.2) is 0 Å². The predicted octanol–water partition coefficient (Wildman–Crippen LogP) is 3.47. The maximum atomic E-state index is 11.8. The van der Waals surface area contributed by atoms with Crippen LogP contribution in [-0.4, -0.2) is 12.9 Å². The van der Waals surface area contributed by atoms with E-state index in [0.29, 0.717) is 6.42 Å². The van der Waals surface area contributed by atoms with Gasteiger partial charge in [-0.2, -0.15) is 0 Å². The Morgan fingerprint density at radius 1 is 1.17 bits per heavy atom. The summed E-state index contributed by atoms with van der Waals surface area (Å²) >= 11 is 0. The highest BCUT2D eigenvalue weighted by molar-refractivity contribution is 5.98. The van der Waals surface area contributed by atoms with Crippen molar-refractivity contribution in [3.63, 3.8) is 0 Å². The SMILES string of the molecule is COc1ccc(-c2cc3c(o2)CCCC3=O)cc1. The van der Waals surface area contributed by atoms with Crippen LogP contribution in [0.15, 0.2) is 34.7 Å². The maximum Gasteiger partial charge on any atom is 0.166 e. The van der Waals surface area contributed by atoms with Gasteiger partial charge in [0.05, 0.1) is 12.7 Å². The van der Waals surface area contributed by atoms with Crippen molar-refractivity contribution in [2.24, 2.45) is 0 Å². The van der Waals surface area contributed by atoms with Gasteiger partial charge in [-0.15, -0.1) is 0 Å². The number of hydrogen-bond acceptors (Lipinski definition) is 3. The summed E-state index contributed by atoms with van der Waals surface area (Å²) in [4.78, 5) is 11.8. The molecular weight excluding hydrogens is 228 g/mol. The van der Waals surface area contributed by atoms with Crippen molar-refractivity contribution in [3.8, 4) is 17.1 Å². The minimum Gasteiger partial charge on any atom is -0.497 e. The van der Waals surface area contributed by atoms with Crippen LogP contribution in [-0.2, 0) is 6.42 Å². The number of carbonyl (C=O) groups is 1. The van der Waals surface area contributed by atoms with Crippen molar-refractivity contribution in [1.82, 2.24) is 0 Å². The highest BCUT2D eigenvalue weighted by Gasteiger charge is 2.22. The molecule has 0 saturated heterocycles. The number of furan rings is 1. The van der Waals surface area contributed by atoms with Gasteiger partial charge >= 0.3 is 0 Å². The molecule has 92 valence electrons. The molecule has 0 amide bonds. The van der Waals surface area contributed by atoms with Crippen molar-refractivity contribution in [2.45, 2.75) is 19.3 Å². The Balaban J connectivity index is 1.99. The van der Waals surface area contributed by atoms with Crippen LogP contribution in [0.4, 0.5) is 0 Å². The van der Waals surface area contributed by atoms with Gasteiger partial charge in [0.15, 0.2) is 5.78 Å². The number of hydrogen-bond donors (Lipinski definition) is 0. The number of aryl methyl sites for hydroxylation is 1. The van der Waals surface area contributed by atoms with Gasteiger partial charge in [-0.3, -0.25) is 4.79 Å². The summed E-state index contributed by atoms with van der Waals surface area (Å²) in [6.45, 7) is 0. The van der Waals surface area contributed by atoms with E-state index in [1.165, 1.54) is 0 Å². The second kappa shape index (κ2) is 4.33. The summed E-state index contributed by atoms with van der Waals surface area (Å²) in [6, 6.07) is 9.51. The Morgan fingerprint density at radius 2 is 1.94 bits per heavy atom. The van der Waals surface area contributed by atoms with Gasteiger partial charge in [0, 0.05) is 18.4 Å². The van der Waals surface area contributed by atoms with Gasteiger partial charge in [0.2, 0.25) is 0 Å². The molecule has 1 aliphatic rings. The van der Waals surface area contributed by atoms with Crippen LogP contribution in [0.5, 0.6) is 5.75 Å². The first-order chi connectivity index (χ1) is 8.78. The van der Waals surface area contributed by atoms with Crippen molar-refractivity contribution < 1.29 is 13.9 Å². The Hall–Kier alpha value is -2.03. The first-order valence-electron chi connectivity index (χ1n) is 6.08. The minimum absolute atomic E-state index is 0.194. The lowest BCUT2D eigenvalue weighted by Gasteiger charge is -2.06. The van der Waals surface area contributed by atoms with Crippen LogP contribution >= 0.6 is 0 Å². The van der Waals surface area contributed by atoms with Crippen molar-refractivity contribution in [2.75, 3.05) is 7.11 Å². The van der Waals surface area contributed by atoms with Crippen LogP contribution in [0.25, 0.3) is 11.3 Å². The summed E-state index contributed by atoms with van der Waals surface area (Å²) < 4.78 is 10.9. The number of Topliss-reactive ketones (excluding diaryl/α,β-unsaturated/α-hetero) is 1.